The number of likely N-dealkylation sites (N-methyl/N-ethyl adjacent to an activating group) is 1. The van der Waals surface area contributed by atoms with Crippen LogP contribution in [-0.4, -0.2) is 43.5 Å². The number of aryl methyl sites for hydroxylation is 3. The predicted molar refractivity (Wildman–Crippen MR) is 157 cm³/mol. The number of hydrogen-bond donors (Lipinski definition) is 1. The van der Waals surface area contributed by atoms with E-state index in [2.05, 4.69) is 132 Å². The molecular formula is C31H42N5S+3. The highest BCUT2D eigenvalue weighted by molar-refractivity contribution is 7.99. The highest BCUT2D eigenvalue weighted by Crippen LogP contribution is 2.20. The Morgan fingerprint density at radius 2 is 1.57 bits per heavy atom. The number of nitrogens with one attached hydrogen (secondary N) is 1. The molecule has 4 aromatic rings. The van der Waals surface area contributed by atoms with Crippen LogP contribution >= 0.6 is 11.8 Å². The molecular weight excluding hydrogens is 474 g/mol. The van der Waals surface area contributed by atoms with Crippen LogP contribution in [0.15, 0.2) is 78.2 Å². The lowest BCUT2D eigenvalue weighted by Gasteiger charge is -2.26. The summed E-state index contributed by atoms with van der Waals surface area (Å²) >= 11 is 1.96. The Morgan fingerprint density at radius 3 is 2.24 bits per heavy atom. The van der Waals surface area contributed by atoms with Crippen molar-refractivity contribution in [1.82, 2.24) is 4.57 Å². The van der Waals surface area contributed by atoms with E-state index in [9.17, 15) is 0 Å². The van der Waals surface area contributed by atoms with Crippen LogP contribution in [0.3, 0.4) is 0 Å². The first-order chi connectivity index (χ1) is 18.0. The zero-order valence-electron chi connectivity index (χ0n) is 23.0. The Hall–Kier alpha value is -3.09. The van der Waals surface area contributed by atoms with Crippen molar-refractivity contribution in [2.24, 2.45) is 21.1 Å². The molecule has 1 N–H and O–H groups in total. The number of aromatic nitrogens is 3. The van der Waals surface area contributed by atoms with Crippen molar-refractivity contribution in [3.05, 3.63) is 84.2 Å². The monoisotopic (exact) mass is 516 g/mol. The lowest BCUT2D eigenvalue weighted by molar-refractivity contribution is -0.875. The maximum atomic E-state index is 2.53. The van der Waals surface area contributed by atoms with Gasteiger partial charge in [-0.2, -0.15) is 0 Å². The molecule has 0 bridgehead atoms. The summed E-state index contributed by atoms with van der Waals surface area (Å²) < 4.78 is 6.69. The third kappa shape index (κ3) is 7.02. The molecule has 2 heterocycles. The Balaban J connectivity index is 1.28. The summed E-state index contributed by atoms with van der Waals surface area (Å²) in [4.78, 5) is 4.11. The van der Waals surface area contributed by atoms with Crippen molar-refractivity contribution in [1.29, 1.82) is 0 Å². The summed E-state index contributed by atoms with van der Waals surface area (Å²) in [6, 6.07) is 21.9. The van der Waals surface area contributed by atoms with Gasteiger partial charge in [0.2, 0.25) is 0 Å². The molecule has 1 unspecified atom stereocenters. The quantitative estimate of drug-likeness (QED) is 0.230. The van der Waals surface area contributed by atoms with Gasteiger partial charge in [0, 0.05) is 24.4 Å². The van der Waals surface area contributed by atoms with Gasteiger partial charge in [0.05, 0.1) is 46.5 Å². The van der Waals surface area contributed by atoms with E-state index in [1.165, 1.54) is 33.0 Å². The van der Waals surface area contributed by atoms with Gasteiger partial charge in [-0.1, -0.05) is 43.3 Å². The van der Waals surface area contributed by atoms with Gasteiger partial charge in [-0.15, -0.1) is 0 Å². The van der Waals surface area contributed by atoms with Crippen LogP contribution in [-0.2, 0) is 21.1 Å². The van der Waals surface area contributed by atoms with E-state index in [0.29, 0.717) is 0 Å². The van der Waals surface area contributed by atoms with Gasteiger partial charge in [0.1, 0.15) is 7.05 Å². The molecule has 0 aliphatic carbocycles. The summed E-state index contributed by atoms with van der Waals surface area (Å²) in [7, 11) is 8.71. The molecule has 0 fully saturated rings. The first-order valence-electron chi connectivity index (χ1n) is 13.3. The van der Waals surface area contributed by atoms with E-state index < -0.39 is 0 Å². The van der Waals surface area contributed by atoms with Crippen LogP contribution in [0.4, 0.5) is 5.69 Å². The molecule has 0 aliphatic rings. The lowest BCUT2D eigenvalue weighted by Crippen LogP contribution is -3.10. The minimum Gasteiger partial charge on any atom is -0.366 e. The van der Waals surface area contributed by atoms with Crippen molar-refractivity contribution in [3.63, 3.8) is 0 Å². The summed E-state index contributed by atoms with van der Waals surface area (Å²) in [6.07, 6.45) is 9.67. The highest BCUT2D eigenvalue weighted by atomic mass is 32.2. The fraction of sp³-hybridized carbons (Fsp3) is 0.355. The molecule has 1 atom stereocenters. The van der Waals surface area contributed by atoms with Crippen molar-refractivity contribution in [3.8, 4) is 0 Å². The van der Waals surface area contributed by atoms with Gasteiger partial charge in [0.15, 0.2) is 23.4 Å². The van der Waals surface area contributed by atoms with Crippen molar-refractivity contribution in [2.45, 2.75) is 18.5 Å². The molecule has 0 saturated heterocycles. The number of rotatable bonds is 12. The highest BCUT2D eigenvalue weighted by Gasteiger charge is 2.20. The summed E-state index contributed by atoms with van der Waals surface area (Å²) in [5.41, 5.74) is 6.34. The van der Waals surface area contributed by atoms with E-state index in [-0.39, 0.29) is 0 Å². The van der Waals surface area contributed by atoms with Gasteiger partial charge in [-0.3, -0.25) is 0 Å². The maximum Gasteiger partial charge on any atom is 0.318 e. The van der Waals surface area contributed by atoms with Crippen LogP contribution < -0.4 is 18.9 Å². The van der Waals surface area contributed by atoms with Gasteiger partial charge >= 0.3 is 5.16 Å². The number of thioether (sulfide) groups is 1. The number of benzene rings is 2. The molecule has 5 nitrogen and oxygen atoms in total. The number of para-hydroxylation sites is 2. The number of fused-ring (bicyclic) bond motifs is 1. The van der Waals surface area contributed by atoms with Gasteiger partial charge in [-0.05, 0) is 53.6 Å². The molecule has 6 heteroatoms. The molecule has 0 aliphatic heterocycles. The van der Waals surface area contributed by atoms with Crippen molar-refractivity contribution >= 4 is 40.6 Å². The third-order valence-corrected chi connectivity index (χ3v) is 8.19. The van der Waals surface area contributed by atoms with E-state index in [4.69, 9.17) is 0 Å². The predicted octanol–water partition coefficient (Wildman–Crippen LogP) is 3.52. The summed E-state index contributed by atoms with van der Waals surface area (Å²) in [5, 5.41) is 1.32. The molecule has 0 radical (unpaired) electrons. The van der Waals surface area contributed by atoms with Crippen LogP contribution in [0.5, 0.6) is 0 Å². The fourth-order valence-electron chi connectivity index (χ4n) is 4.68. The Kier molecular flexibility index (Phi) is 9.42. The first-order valence-corrected chi connectivity index (χ1v) is 14.3. The average Bonchev–Trinajstić information content (AvgIpc) is 3.16. The van der Waals surface area contributed by atoms with Crippen LogP contribution in [0, 0.1) is 0 Å². The molecule has 0 spiro atoms. The zero-order valence-corrected chi connectivity index (χ0v) is 23.8. The Morgan fingerprint density at radius 1 is 0.892 bits per heavy atom. The smallest absolute Gasteiger partial charge is 0.318 e. The molecule has 2 aromatic heterocycles. The molecule has 37 heavy (non-hydrogen) atoms. The van der Waals surface area contributed by atoms with Crippen LogP contribution in [0.1, 0.15) is 24.5 Å². The number of anilines is 1. The molecule has 0 saturated carbocycles. The van der Waals surface area contributed by atoms with E-state index in [1.54, 1.807) is 4.90 Å². The second-order valence-electron chi connectivity index (χ2n) is 9.90. The second kappa shape index (κ2) is 12.9. The number of nitrogens with zero attached hydrogens (tertiary/aromatic N) is 4. The molecule has 2 aromatic carbocycles. The van der Waals surface area contributed by atoms with Gasteiger partial charge in [-0.25, -0.2) is 13.7 Å². The number of quaternary nitrogens is 1. The van der Waals surface area contributed by atoms with Gasteiger partial charge in [0.25, 0.3) is 0 Å². The summed E-state index contributed by atoms with van der Waals surface area (Å²) in [5.74, 6) is 1.11. The molecule has 194 valence electrons. The van der Waals surface area contributed by atoms with Gasteiger partial charge < -0.3 is 9.80 Å². The molecule has 0 amide bonds. The number of pyridine rings is 1. The fourth-order valence-corrected chi connectivity index (χ4v) is 5.89. The van der Waals surface area contributed by atoms with Crippen molar-refractivity contribution in [2.75, 3.05) is 43.9 Å². The zero-order chi connectivity index (χ0) is 26.2. The van der Waals surface area contributed by atoms with Crippen LogP contribution in [0.2, 0.25) is 0 Å². The first kappa shape index (κ1) is 27.0. The Bertz CT molecular complexity index is 1270. The third-order valence-electron chi connectivity index (χ3n) is 6.97. The van der Waals surface area contributed by atoms with E-state index in [1.807, 2.05) is 18.8 Å². The second-order valence-corrected chi connectivity index (χ2v) is 11.0. The number of imidazole rings is 1. The SMILES string of the molecule is CCCN(CC[NH+](C)CCSc1n(C)c2ccccc2[n+]1C)c1ccc(/C=C/c2cc[n+](C)cc2)cc1. The summed E-state index contributed by atoms with van der Waals surface area (Å²) in [6.45, 7) is 6.70. The largest absolute Gasteiger partial charge is 0.366 e. The van der Waals surface area contributed by atoms with Crippen LogP contribution in [0.25, 0.3) is 23.2 Å². The minimum atomic E-state index is 1.07. The number of hydrogen-bond acceptors (Lipinski definition) is 2. The normalized spacial score (nSPS) is 12.5. The van der Waals surface area contributed by atoms with Crippen molar-refractivity contribution < 1.29 is 14.0 Å². The molecule has 4 rings (SSSR count). The van der Waals surface area contributed by atoms with E-state index >= 15 is 0 Å². The average molecular weight is 517 g/mol. The Labute approximate surface area is 226 Å². The lowest BCUT2D eigenvalue weighted by atomic mass is 10.1. The standard InChI is InChI=1S/C31H41N5S/c1-6-19-36(28-15-13-26(14-16-28)11-12-27-17-20-32(2)21-18-27)23-22-33(3)24-25-37-31-34(4)29-9-7-8-10-30(29)35(31)5/h7-18,20-21H,6,19,22-25H2,1-5H3/q+2/p+1. The minimum absolute atomic E-state index is 1.07. The maximum absolute atomic E-state index is 2.53. The van der Waals surface area contributed by atoms with E-state index in [0.717, 1.165) is 38.4 Å². The topological polar surface area (TPSA) is 20.4 Å².